The van der Waals surface area contributed by atoms with Gasteiger partial charge in [-0.05, 0) is 39.7 Å². The lowest BCUT2D eigenvalue weighted by atomic mass is 10.1. The first kappa shape index (κ1) is 14.9. The predicted octanol–water partition coefficient (Wildman–Crippen LogP) is 2.74. The van der Waals surface area contributed by atoms with Gasteiger partial charge in [-0.15, -0.1) is 0 Å². The van der Waals surface area contributed by atoms with Crippen LogP contribution in [0.3, 0.4) is 0 Å². The normalized spacial score (nSPS) is 14.2. The highest BCUT2D eigenvalue weighted by Crippen LogP contribution is 2.05. The smallest absolute Gasteiger partial charge is 0.0166 e. The van der Waals surface area contributed by atoms with Gasteiger partial charge in [-0.3, -0.25) is 4.90 Å². The van der Waals surface area contributed by atoms with Crippen molar-refractivity contribution in [1.29, 1.82) is 0 Å². The Bertz CT molecular complexity index is 143. The second-order valence-electron chi connectivity index (χ2n) is 5.30. The Kier molecular flexibility index (Phi) is 8.07. The van der Waals surface area contributed by atoms with E-state index in [2.05, 4.69) is 51.8 Å². The minimum Gasteiger partial charge on any atom is -0.313 e. The Labute approximate surface area is 96.4 Å². The first-order valence-electron chi connectivity index (χ1n) is 6.44. The molecule has 0 spiro atoms. The van der Waals surface area contributed by atoms with Gasteiger partial charge in [0.2, 0.25) is 0 Å². The summed E-state index contributed by atoms with van der Waals surface area (Å²) in [5.74, 6) is 0.755. The Hall–Kier alpha value is -0.0800. The number of hydrogen-bond donors (Lipinski definition) is 1. The molecule has 0 fully saturated rings. The molecule has 1 atom stereocenters. The van der Waals surface area contributed by atoms with Crippen molar-refractivity contribution < 1.29 is 0 Å². The molecule has 92 valence electrons. The number of hydrogen-bond acceptors (Lipinski definition) is 2. The largest absolute Gasteiger partial charge is 0.313 e. The minimum absolute atomic E-state index is 0.603. The second-order valence-corrected chi connectivity index (χ2v) is 5.30. The summed E-state index contributed by atoms with van der Waals surface area (Å²) >= 11 is 0. The second kappa shape index (κ2) is 8.12. The third-order valence-electron chi connectivity index (χ3n) is 2.58. The molecule has 0 aliphatic heterocycles. The Morgan fingerprint density at radius 1 is 1.00 bits per heavy atom. The fourth-order valence-corrected chi connectivity index (χ4v) is 1.77. The molecule has 0 bridgehead atoms. The van der Waals surface area contributed by atoms with Crippen molar-refractivity contribution in [2.45, 2.75) is 60.0 Å². The molecule has 2 nitrogen and oxygen atoms in total. The number of nitrogens with zero attached hydrogens (tertiary/aromatic N) is 1. The molecule has 0 amide bonds. The standard InChI is InChI=1S/C13H30N2/c1-7-8-14-13(6)10-15(12(4)5)9-11(2)3/h11-14H,7-10H2,1-6H3. The first-order chi connectivity index (χ1) is 6.97. The van der Waals surface area contributed by atoms with Gasteiger partial charge in [0.25, 0.3) is 0 Å². The van der Waals surface area contributed by atoms with E-state index in [4.69, 9.17) is 0 Å². The van der Waals surface area contributed by atoms with Crippen molar-refractivity contribution in [3.63, 3.8) is 0 Å². The highest BCUT2D eigenvalue weighted by Gasteiger charge is 2.13. The van der Waals surface area contributed by atoms with Crippen molar-refractivity contribution >= 4 is 0 Å². The van der Waals surface area contributed by atoms with Crippen molar-refractivity contribution in [2.75, 3.05) is 19.6 Å². The molecular weight excluding hydrogens is 184 g/mol. The van der Waals surface area contributed by atoms with Gasteiger partial charge in [0.15, 0.2) is 0 Å². The lowest BCUT2D eigenvalue weighted by Gasteiger charge is -2.31. The monoisotopic (exact) mass is 214 g/mol. The van der Waals surface area contributed by atoms with E-state index in [1.807, 2.05) is 0 Å². The maximum absolute atomic E-state index is 3.55. The predicted molar refractivity (Wildman–Crippen MR) is 69.3 cm³/mol. The van der Waals surface area contributed by atoms with Gasteiger partial charge in [-0.1, -0.05) is 20.8 Å². The molecule has 0 aromatic heterocycles. The lowest BCUT2D eigenvalue weighted by Crippen LogP contribution is -2.44. The maximum atomic E-state index is 3.55. The molecule has 0 heterocycles. The van der Waals surface area contributed by atoms with E-state index >= 15 is 0 Å². The van der Waals surface area contributed by atoms with E-state index < -0.39 is 0 Å². The third kappa shape index (κ3) is 7.80. The molecule has 0 saturated heterocycles. The van der Waals surface area contributed by atoms with Crippen LogP contribution in [0.5, 0.6) is 0 Å². The van der Waals surface area contributed by atoms with Crippen LogP contribution in [0, 0.1) is 5.92 Å². The number of rotatable bonds is 8. The highest BCUT2D eigenvalue weighted by atomic mass is 15.2. The van der Waals surface area contributed by atoms with Crippen molar-refractivity contribution in [3.8, 4) is 0 Å². The summed E-state index contributed by atoms with van der Waals surface area (Å²) in [5, 5.41) is 3.55. The molecular formula is C13H30N2. The van der Waals surface area contributed by atoms with Crippen LogP contribution in [0.1, 0.15) is 48.0 Å². The van der Waals surface area contributed by atoms with Gasteiger partial charge in [0.1, 0.15) is 0 Å². The SMILES string of the molecule is CCCNC(C)CN(CC(C)C)C(C)C. The van der Waals surface area contributed by atoms with Crippen molar-refractivity contribution in [2.24, 2.45) is 5.92 Å². The fraction of sp³-hybridized carbons (Fsp3) is 1.00. The Balaban J connectivity index is 3.93. The van der Waals surface area contributed by atoms with Gasteiger partial charge in [-0.2, -0.15) is 0 Å². The highest BCUT2D eigenvalue weighted by molar-refractivity contribution is 4.71. The summed E-state index contributed by atoms with van der Waals surface area (Å²) in [7, 11) is 0. The van der Waals surface area contributed by atoms with Gasteiger partial charge in [0.05, 0.1) is 0 Å². The molecule has 1 N–H and O–H groups in total. The van der Waals surface area contributed by atoms with Gasteiger partial charge < -0.3 is 5.32 Å². The molecule has 0 aromatic carbocycles. The molecule has 0 radical (unpaired) electrons. The first-order valence-corrected chi connectivity index (χ1v) is 6.44. The molecule has 0 aliphatic rings. The maximum Gasteiger partial charge on any atom is 0.0166 e. The zero-order valence-electron chi connectivity index (χ0n) is 11.5. The van der Waals surface area contributed by atoms with E-state index in [9.17, 15) is 0 Å². The van der Waals surface area contributed by atoms with Gasteiger partial charge >= 0.3 is 0 Å². The summed E-state index contributed by atoms with van der Waals surface area (Å²) in [6.07, 6.45) is 1.22. The molecule has 15 heavy (non-hydrogen) atoms. The minimum atomic E-state index is 0.603. The zero-order chi connectivity index (χ0) is 11.8. The molecule has 2 heteroatoms. The van der Waals surface area contributed by atoms with Crippen LogP contribution >= 0.6 is 0 Å². The molecule has 1 unspecified atom stereocenters. The van der Waals surface area contributed by atoms with E-state index in [1.165, 1.54) is 13.0 Å². The fourth-order valence-electron chi connectivity index (χ4n) is 1.77. The zero-order valence-corrected chi connectivity index (χ0v) is 11.5. The van der Waals surface area contributed by atoms with Crippen LogP contribution < -0.4 is 5.32 Å². The average Bonchev–Trinajstić information content (AvgIpc) is 2.12. The van der Waals surface area contributed by atoms with Crippen LogP contribution in [0.25, 0.3) is 0 Å². The van der Waals surface area contributed by atoms with Gasteiger partial charge in [0, 0.05) is 25.2 Å². The average molecular weight is 214 g/mol. The van der Waals surface area contributed by atoms with E-state index in [0.717, 1.165) is 19.0 Å². The topological polar surface area (TPSA) is 15.3 Å². The van der Waals surface area contributed by atoms with E-state index in [1.54, 1.807) is 0 Å². The summed E-state index contributed by atoms with van der Waals surface area (Å²) in [6, 6.07) is 1.25. The molecule has 0 aliphatic carbocycles. The molecule has 0 rings (SSSR count). The van der Waals surface area contributed by atoms with Crippen LogP contribution in [-0.4, -0.2) is 36.6 Å². The summed E-state index contributed by atoms with van der Waals surface area (Å²) < 4.78 is 0. The van der Waals surface area contributed by atoms with Crippen molar-refractivity contribution in [1.82, 2.24) is 10.2 Å². The Morgan fingerprint density at radius 3 is 2.00 bits per heavy atom. The van der Waals surface area contributed by atoms with Crippen LogP contribution in [0.2, 0.25) is 0 Å². The van der Waals surface area contributed by atoms with Crippen LogP contribution in [0.15, 0.2) is 0 Å². The van der Waals surface area contributed by atoms with Crippen LogP contribution in [-0.2, 0) is 0 Å². The lowest BCUT2D eigenvalue weighted by molar-refractivity contribution is 0.180. The van der Waals surface area contributed by atoms with Crippen LogP contribution in [0.4, 0.5) is 0 Å². The number of nitrogens with one attached hydrogen (secondary N) is 1. The summed E-state index contributed by atoms with van der Waals surface area (Å²) in [5.41, 5.74) is 0. The quantitative estimate of drug-likeness (QED) is 0.668. The molecule has 0 aromatic rings. The van der Waals surface area contributed by atoms with E-state index in [0.29, 0.717) is 12.1 Å². The Morgan fingerprint density at radius 2 is 1.60 bits per heavy atom. The molecule has 0 saturated carbocycles. The van der Waals surface area contributed by atoms with Crippen molar-refractivity contribution in [3.05, 3.63) is 0 Å². The third-order valence-corrected chi connectivity index (χ3v) is 2.58. The van der Waals surface area contributed by atoms with Gasteiger partial charge in [-0.25, -0.2) is 0 Å². The summed E-state index contributed by atoms with van der Waals surface area (Å²) in [6.45, 7) is 17.2. The van der Waals surface area contributed by atoms with E-state index in [-0.39, 0.29) is 0 Å². The summed E-state index contributed by atoms with van der Waals surface area (Å²) in [4.78, 5) is 2.57.